The summed E-state index contributed by atoms with van der Waals surface area (Å²) in [6.45, 7) is 2.67. The quantitative estimate of drug-likeness (QED) is 0.612. The Morgan fingerprint density at radius 2 is 1.96 bits per heavy atom. The summed E-state index contributed by atoms with van der Waals surface area (Å²) in [5.74, 6) is 1.85. The maximum atomic E-state index is 6.33. The van der Waals surface area contributed by atoms with Crippen LogP contribution in [0.15, 0.2) is 71.1 Å². The fraction of sp³-hybridized carbons (Fsp3) is 0.227. The summed E-state index contributed by atoms with van der Waals surface area (Å²) < 4.78 is 11.9. The zero-order valence-corrected chi connectivity index (χ0v) is 15.9. The van der Waals surface area contributed by atoms with Gasteiger partial charge >= 0.3 is 0 Å². The maximum Gasteiger partial charge on any atom is 0.222 e. The first-order valence-electron chi connectivity index (χ1n) is 9.21. The van der Waals surface area contributed by atoms with E-state index >= 15 is 0 Å². The molecule has 0 unspecified atom stereocenters. The van der Waals surface area contributed by atoms with Gasteiger partial charge in [-0.05, 0) is 54.3 Å². The van der Waals surface area contributed by atoms with Crippen molar-refractivity contribution in [1.82, 2.24) is 5.01 Å². The molecular formula is C22H20N2O2S. The molecule has 0 spiro atoms. The molecule has 0 aliphatic carbocycles. The highest BCUT2D eigenvalue weighted by molar-refractivity contribution is 7.10. The molecule has 3 heterocycles. The van der Waals surface area contributed by atoms with E-state index in [0.29, 0.717) is 6.61 Å². The smallest absolute Gasteiger partial charge is 0.222 e. The van der Waals surface area contributed by atoms with Gasteiger partial charge in [0, 0.05) is 12.0 Å². The molecule has 3 aromatic rings. The van der Waals surface area contributed by atoms with E-state index < -0.39 is 0 Å². The fourth-order valence-corrected chi connectivity index (χ4v) is 4.48. The number of hydrazone groups is 1. The molecular weight excluding hydrogens is 356 g/mol. The van der Waals surface area contributed by atoms with Crippen molar-refractivity contribution in [3.63, 3.8) is 0 Å². The van der Waals surface area contributed by atoms with Crippen molar-refractivity contribution in [2.24, 2.45) is 5.10 Å². The van der Waals surface area contributed by atoms with Crippen LogP contribution in [-0.2, 0) is 0 Å². The molecule has 1 aromatic heterocycles. The Bertz CT molecular complexity index is 966. The molecule has 5 heteroatoms. The summed E-state index contributed by atoms with van der Waals surface area (Å²) >= 11 is 1.71. The number of rotatable bonds is 4. The molecule has 136 valence electrons. The minimum absolute atomic E-state index is 0.176. The molecule has 2 aliphatic heterocycles. The number of benzene rings is 2. The van der Waals surface area contributed by atoms with Crippen molar-refractivity contribution in [3.05, 3.63) is 82.0 Å². The van der Waals surface area contributed by atoms with Crippen molar-refractivity contribution in [2.45, 2.75) is 25.6 Å². The third kappa shape index (κ3) is 2.88. The highest BCUT2D eigenvalue weighted by atomic mass is 32.1. The Morgan fingerprint density at radius 3 is 2.74 bits per heavy atom. The summed E-state index contributed by atoms with van der Waals surface area (Å²) in [5.41, 5.74) is 3.43. The van der Waals surface area contributed by atoms with Crippen molar-refractivity contribution >= 4 is 17.0 Å². The number of hydrogen-bond donors (Lipinski definition) is 0. The van der Waals surface area contributed by atoms with Gasteiger partial charge in [-0.15, -0.1) is 11.3 Å². The number of para-hydroxylation sites is 1. The van der Waals surface area contributed by atoms with Gasteiger partial charge < -0.3 is 9.47 Å². The molecule has 0 saturated heterocycles. The van der Waals surface area contributed by atoms with Crippen LogP contribution < -0.4 is 9.47 Å². The summed E-state index contributed by atoms with van der Waals surface area (Å²) in [4.78, 5) is 1.17. The van der Waals surface area contributed by atoms with Crippen LogP contribution in [0.3, 0.4) is 0 Å². The van der Waals surface area contributed by atoms with Gasteiger partial charge in [-0.1, -0.05) is 24.3 Å². The second-order valence-electron chi connectivity index (χ2n) is 6.63. The summed E-state index contributed by atoms with van der Waals surface area (Å²) in [6.07, 6.45) is 0.695. The van der Waals surface area contributed by atoms with Crippen LogP contribution in [0.2, 0.25) is 0 Å². The van der Waals surface area contributed by atoms with Crippen LogP contribution in [0.4, 0.5) is 0 Å². The molecule has 5 rings (SSSR count). The second kappa shape index (κ2) is 6.74. The first-order valence-corrected chi connectivity index (χ1v) is 10.1. The second-order valence-corrected chi connectivity index (χ2v) is 7.61. The van der Waals surface area contributed by atoms with Crippen molar-refractivity contribution in [3.8, 4) is 11.5 Å². The van der Waals surface area contributed by atoms with Gasteiger partial charge in [-0.25, -0.2) is 5.01 Å². The molecule has 0 saturated carbocycles. The number of thiophene rings is 1. The lowest BCUT2D eigenvalue weighted by molar-refractivity contribution is -0.0165. The topological polar surface area (TPSA) is 34.1 Å². The zero-order chi connectivity index (χ0) is 18.2. The van der Waals surface area contributed by atoms with E-state index in [1.807, 2.05) is 25.1 Å². The van der Waals surface area contributed by atoms with Crippen LogP contribution >= 0.6 is 11.3 Å². The monoisotopic (exact) mass is 376 g/mol. The Balaban J connectivity index is 1.52. The standard InChI is InChI=1S/C22H20N2O2S/c1-2-25-16-11-9-15(10-12-16)18-14-19-17-6-3-4-7-20(17)26-22(24(19)23-18)21-8-5-13-27-21/h3-13,19,22H,2,14H2,1H3/t19-,22+/m0/s1. The van der Waals surface area contributed by atoms with Gasteiger partial charge in [0.05, 0.1) is 23.2 Å². The summed E-state index contributed by atoms with van der Waals surface area (Å²) in [6, 6.07) is 20.9. The SMILES string of the molecule is CCOc1ccc(C2=NN3[C@@H](c4cccs4)Oc4ccccc4[C@@H]3C2)cc1. The van der Waals surface area contributed by atoms with Crippen LogP contribution in [0.25, 0.3) is 0 Å². The number of fused-ring (bicyclic) bond motifs is 3. The Kier molecular flexibility index (Phi) is 4.09. The van der Waals surface area contributed by atoms with Crippen LogP contribution in [-0.4, -0.2) is 17.3 Å². The number of hydrogen-bond acceptors (Lipinski definition) is 5. The minimum Gasteiger partial charge on any atom is -0.494 e. The third-order valence-corrected chi connectivity index (χ3v) is 5.89. The van der Waals surface area contributed by atoms with Gasteiger partial charge in [-0.3, -0.25) is 0 Å². The lowest BCUT2D eigenvalue weighted by atomic mass is 9.96. The van der Waals surface area contributed by atoms with Gasteiger partial charge in [-0.2, -0.15) is 5.10 Å². The van der Waals surface area contributed by atoms with Crippen molar-refractivity contribution in [2.75, 3.05) is 6.61 Å². The minimum atomic E-state index is -0.176. The van der Waals surface area contributed by atoms with E-state index in [9.17, 15) is 0 Å². The summed E-state index contributed by atoms with van der Waals surface area (Å²) in [5, 5.41) is 9.19. The van der Waals surface area contributed by atoms with Gasteiger partial charge in [0.1, 0.15) is 11.5 Å². The molecule has 2 aliphatic rings. The molecule has 0 fully saturated rings. The average Bonchev–Trinajstić information content (AvgIpc) is 3.39. The Labute approximate surface area is 162 Å². The molecule has 0 bridgehead atoms. The van der Waals surface area contributed by atoms with Gasteiger partial charge in [0.15, 0.2) is 0 Å². The highest BCUT2D eigenvalue weighted by Gasteiger charge is 2.41. The molecule has 27 heavy (non-hydrogen) atoms. The molecule has 4 nitrogen and oxygen atoms in total. The van der Waals surface area contributed by atoms with E-state index in [0.717, 1.165) is 29.2 Å². The summed E-state index contributed by atoms with van der Waals surface area (Å²) in [7, 11) is 0. The molecule has 0 N–H and O–H groups in total. The molecule has 2 aromatic carbocycles. The third-order valence-electron chi connectivity index (χ3n) is 4.98. The van der Waals surface area contributed by atoms with Crippen LogP contribution in [0, 0.1) is 0 Å². The van der Waals surface area contributed by atoms with E-state index in [2.05, 4.69) is 52.9 Å². The lowest BCUT2D eigenvalue weighted by Gasteiger charge is -2.37. The Morgan fingerprint density at radius 1 is 1.11 bits per heavy atom. The van der Waals surface area contributed by atoms with E-state index in [1.165, 1.54) is 10.4 Å². The first kappa shape index (κ1) is 16.4. The van der Waals surface area contributed by atoms with Crippen molar-refractivity contribution < 1.29 is 9.47 Å². The molecule has 0 radical (unpaired) electrons. The van der Waals surface area contributed by atoms with E-state index in [1.54, 1.807) is 11.3 Å². The zero-order valence-electron chi connectivity index (χ0n) is 15.0. The van der Waals surface area contributed by atoms with Crippen LogP contribution in [0.5, 0.6) is 11.5 Å². The predicted molar refractivity (Wildman–Crippen MR) is 107 cm³/mol. The van der Waals surface area contributed by atoms with Gasteiger partial charge in [0.25, 0.3) is 0 Å². The normalized spacial score (nSPS) is 20.5. The first-order chi connectivity index (χ1) is 13.3. The molecule has 2 atom stereocenters. The van der Waals surface area contributed by atoms with Crippen molar-refractivity contribution in [1.29, 1.82) is 0 Å². The largest absolute Gasteiger partial charge is 0.494 e. The van der Waals surface area contributed by atoms with Gasteiger partial charge in [0.2, 0.25) is 6.23 Å². The average molecular weight is 376 g/mol. The van der Waals surface area contributed by atoms with E-state index in [-0.39, 0.29) is 12.3 Å². The lowest BCUT2D eigenvalue weighted by Crippen LogP contribution is -2.33. The number of nitrogens with zero attached hydrogens (tertiary/aromatic N) is 2. The number of ether oxygens (including phenoxy) is 2. The van der Waals surface area contributed by atoms with Crippen LogP contribution in [0.1, 0.15) is 41.6 Å². The Hall–Kier alpha value is -2.79. The highest BCUT2D eigenvalue weighted by Crippen LogP contribution is 2.48. The maximum absolute atomic E-state index is 6.33. The predicted octanol–water partition coefficient (Wildman–Crippen LogP) is 5.39. The molecule has 0 amide bonds. The fourth-order valence-electron chi connectivity index (χ4n) is 3.74. The van der Waals surface area contributed by atoms with E-state index in [4.69, 9.17) is 14.6 Å².